The van der Waals surface area contributed by atoms with Crippen LogP contribution in [0.15, 0.2) is 23.1 Å². The van der Waals surface area contributed by atoms with Gasteiger partial charge >= 0.3 is 0 Å². The molecule has 1 aromatic rings. The summed E-state index contributed by atoms with van der Waals surface area (Å²) in [6.45, 7) is 1.94. The quantitative estimate of drug-likeness (QED) is 0.795. The molecule has 22 heavy (non-hydrogen) atoms. The van der Waals surface area contributed by atoms with Crippen LogP contribution in [-0.2, 0) is 19.9 Å². The van der Waals surface area contributed by atoms with Gasteiger partial charge in [-0.25, -0.2) is 16.8 Å². The van der Waals surface area contributed by atoms with Gasteiger partial charge in [0.15, 0.2) is 9.84 Å². The molecule has 9 heteroatoms. The first-order valence-electron chi connectivity index (χ1n) is 6.61. The largest absolute Gasteiger partial charge is 0.496 e. The summed E-state index contributed by atoms with van der Waals surface area (Å²) >= 11 is 1.45. The summed E-state index contributed by atoms with van der Waals surface area (Å²) in [6, 6.07) is 4.54. The van der Waals surface area contributed by atoms with Crippen molar-refractivity contribution in [3.8, 4) is 5.75 Å². The number of ether oxygens (including phenoxy) is 1. The summed E-state index contributed by atoms with van der Waals surface area (Å²) in [5.41, 5.74) is 0.686. The van der Waals surface area contributed by atoms with Crippen LogP contribution in [-0.4, -0.2) is 57.9 Å². The molecule has 1 aliphatic rings. The minimum absolute atomic E-state index is 0.0892. The van der Waals surface area contributed by atoms with Crippen molar-refractivity contribution in [1.82, 2.24) is 4.31 Å². The van der Waals surface area contributed by atoms with Crippen LogP contribution in [0, 0.1) is 6.92 Å². The molecule has 0 bridgehead atoms. The van der Waals surface area contributed by atoms with Gasteiger partial charge in [0.2, 0.25) is 10.0 Å². The lowest BCUT2D eigenvalue weighted by atomic mass is 10.2. The Hall–Kier alpha value is -0.770. The Bertz CT molecular complexity index is 758. The van der Waals surface area contributed by atoms with Gasteiger partial charge < -0.3 is 4.74 Å². The van der Waals surface area contributed by atoms with Crippen molar-refractivity contribution in [1.29, 1.82) is 0 Å². The average molecular weight is 365 g/mol. The molecule has 124 valence electrons. The van der Waals surface area contributed by atoms with Gasteiger partial charge in [-0.2, -0.15) is 16.1 Å². The highest BCUT2D eigenvalue weighted by atomic mass is 32.2. The number of nitrogens with zero attached hydrogens (tertiary/aromatic N) is 1. The van der Waals surface area contributed by atoms with Crippen molar-refractivity contribution in [3.05, 3.63) is 23.8 Å². The lowest BCUT2D eigenvalue weighted by Gasteiger charge is -2.33. The summed E-state index contributed by atoms with van der Waals surface area (Å²) in [5.74, 6) is 1.43. The molecule has 0 radical (unpaired) electrons. The fraction of sp³-hybridized carbons (Fsp3) is 0.538. The van der Waals surface area contributed by atoms with Crippen LogP contribution >= 0.6 is 11.8 Å². The van der Waals surface area contributed by atoms with E-state index in [0.29, 0.717) is 17.1 Å². The van der Waals surface area contributed by atoms with Crippen LogP contribution in [0.3, 0.4) is 0 Å². The number of methoxy groups -OCH3 is 1. The van der Waals surface area contributed by atoms with Crippen molar-refractivity contribution < 1.29 is 21.6 Å². The van der Waals surface area contributed by atoms with Crippen molar-refractivity contribution in [3.63, 3.8) is 0 Å². The average Bonchev–Trinajstić information content (AvgIpc) is 2.46. The molecular formula is C13H19NO5S3. The number of sulfone groups is 1. The van der Waals surface area contributed by atoms with E-state index in [1.165, 1.54) is 31.0 Å². The Kier molecular flexibility index (Phi) is 5.10. The topological polar surface area (TPSA) is 80.8 Å². The number of sulfonamides is 1. The van der Waals surface area contributed by atoms with E-state index < -0.39 is 25.2 Å². The van der Waals surface area contributed by atoms with Crippen LogP contribution in [0.5, 0.6) is 5.75 Å². The van der Waals surface area contributed by atoms with E-state index in [1.54, 1.807) is 13.0 Å². The number of rotatable bonds is 4. The lowest BCUT2D eigenvalue weighted by Crippen LogP contribution is -2.49. The molecule has 0 unspecified atom stereocenters. The van der Waals surface area contributed by atoms with E-state index >= 15 is 0 Å². The zero-order valence-corrected chi connectivity index (χ0v) is 15.1. The molecule has 0 saturated carbocycles. The van der Waals surface area contributed by atoms with Gasteiger partial charge in [0.1, 0.15) is 11.1 Å². The third kappa shape index (κ3) is 3.42. The van der Waals surface area contributed by atoms with Crippen molar-refractivity contribution >= 4 is 31.6 Å². The SMILES string of the molecule is COc1ccc(S(=O)(=O)N2CCSC[C@@H]2S(C)(=O)=O)cc1C. The molecular weight excluding hydrogens is 346 g/mol. The Morgan fingerprint density at radius 2 is 1.95 bits per heavy atom. The van der Waals surface area contributed by atoms with Gasteiger partial charge in [-0.1, -0.05) is 0 Å². The van der Waals surface area contributed by atoms with Crippen LogP contribution in [0.2, 0.25) is 0 Å². The third-order valence-corrected chi connectivity index (χ3v) is 8.19. The predicted molar refractivity (Wildman–Crippen MR) is 87.6 cm³/mol. The van der Waals surface area contributed by atoms with Gasteiger partial charge in [0.25, 0.3) is 0 Å². The summed E-state index contributed by atoms with van der Waals surface area (Å²) in [7, 11) is -5.83. The summed E-state index contributed by atoms with van der Waals surface area (Å²) in [4.78, 5) is 0.0892. The molecule has 1 fully saturated rings. The first-order chi connectivity index (χ1) is 10.2. The molecule has 1 saturated heterocycles. The van der Waals surface area contributed by atoms with Crippen LogP contribution in [0.1, 0.15) is 5.56 Å². The summed E-state index contributed by atoms with van der Waals surface area (Å²) in [6.07, 6.45) is 1.07. The van der Waals surface area contributed by atoms with E-state index in [2.05, 4.69) is 0 Å². The molecule has 6 nitrogen and oxygen atoms in total. The Morgan fingerprint density at radius 3 is 2.50 bits per heavy atom. The summed E-state index contributed by atoms with van der Waals surface area (Å²) in [5, 5.41) is -1.02. The normalized spacial score (nSPS) is 20.8. The fourth-order valence-corrected chi connectivity index (χ4v) is 7.58. The third-order valence-electron chi connectivity index (χ3n) is 3.50. The maximum absolute atomic E-state index is 12.8. The van der Waals surface area contributed by atoms with Gasteiger partial charge in [-0.05, 0) is 30.7 Å². The zero-order chi connectivity index (χ0) is 16.5. The minimum Gasteiger partial charge on any atom is -0.496 e. The highest BCUT2D eigenvalue weighted by molar-refractivity contribution is 8.01. The minimum atomic E-state index is -3.86. The van der Waals surface area contributed by atoms with Crippen LogP contribution in [0.4, 0.5) is 0 Å². The number of benzene rings is 1. The maximum atomic E-state index is 12.8. The van der Waals surface area contributed by atoms with E-state index in [0.717, 1.165) is 10.6 Å². The van der Waals surface area contributed by atoms with Crippen molar-refractivity contribution in [2.45, 2.75) is 17.2 Å². The lowest BCUT2D eigenvalue weighted by molar-refractivity contribution is 0.403. The molecule has 1 aromatic carbocycles. The molecule has 2 rings (SSSR count). The molecule has 1 aliphatic heterocycles. The van der Waals surface area contributed by atoms with Gasteiger partial charge in [0, 0.05) is 24.3 Å². The number of hydrogen-bond acceptors (Lipinski definition) is 6. The molecule has 0 spiro atoms. The zero-order valence-electron chi connectivity index (χ0n) is 12.6. The van der Waals surface area contributed by atoms with Gasteiger partial charge in [-0.3, -0.25) is 0 Å². The Labute approximate surface area is 135 Å². The van der Waals surface area contributed by atoms with E-state index in [-0.39, 0.29) is 17.2 Å². The van der Waals surface area contributed by atoms with Crippen LogP contribution in [0.25, 0.3) is 0 Å². The molecule has 0 amide bonds. The predicted octanol–water partition coefficient (Wildman–Crippen LogP) is 1.11. The van der Waals surface area contributed by atoms with Crippen molar-refractivity contribution in [2.24, 2.45) is 0 Å². The Balaban J connectivity index is 2.46. The van der Waals surface area contributed by atoms with Gasteiger partial charge in [0.05, 0.1) is 12.0 Å². The molecule has 0 N–H and O–H groups in total. The number of thioether (sulfide) groups is 1. The number of aryl methyl sites for hydroxylation is 1. The number of hydrogen-bond donors (Lipinski definition) is 0. The fourth-order valence-electron chi connectivity index (χ4n) is 2.32. The maximum Gasteiger partial charge on any atom is 0.244 e. The summed E-state index contributed by atoms with van der Waals surface area (Å²) < 4.78 is 55.6. The van der Waals surface area contributed by atoms with Crippen LogP contribution < -0.4 is 4.74 Å². The van der Waals surface area contributed by atoms with Crippen molar-refractivity contribution in [2.75, 3.05) is 31.4 Å². The molecule has 1 heterocycles. The smallest absolute Gasteiger partial charge is 0.244 e. The second kappa shape index (κ2) is 6.38. The monoisotopic (exact) mass is 365 g/mol. The molecule has 0 aromatic heterocycles. The van der Waals surface area contributed by atoms with E-state index in [4.69, 9.17) is 4.74 Å². The first kappa shape index (κ1) is 17.6. The second-order valence-electron chi connectivity index (χ2n) is 5.11. The first-order valence-corrected chi connectivity index (χ1v) is 11.2. The van der Waals surface area contributed by atoms with E-state index in [9.17, 15) is 16.8 Å². The molecule has 0 aliphatic carbocycles. The Morgan fingerprint density at radius 1 is 1.27 bits per heavy atom. The molecule has 1 atom stereocenters. The standard InChI is InChI=1S/C13H19NO5S3/c1-10-8-11(4-5-12(10)19-2)22(17,18)14-6-7-20-9-13(14)21(3,15)16/h4-5,8,13H,6-7,9H2,1-3H3/t13-/m0/s1. The second-order valence-corrected chi connectivity index (χ2v) is 10.3. The highest BCUT2D eigenvalue weighted by Crippen LogP contribution is 2.29. The van der Waals surface area contributed by atoms with E-state index in [1.807, 2.05) is 0 Å². The highest BCUT2D eigenvalue weighted by Gasteiger charge is 2.39. The van der Waals surface area contributed by atoms with Gasteiger partial charge in [-0.15, -0.1) is 0 Å².